The molecule has 10 heteroatoms. The molecule has 1 aliphatic rings. The van der Waals surface area contributed by atoms with Crippen LogP contribution in [0.4, 0.5) is 4.79 Å². The van der Waals surface area contributed by atoms with Crippen LogP contribution in [-0.2, 0) is 14.8 Å². The van der Waals surface area contributed by atoms with Crippen LogP contribution in [-0.4, -0.2) is 63.9 Å². The molecule has 1 aromatic heterocycles. The van der Waals surface area contributed by atoms with E-state index in [1.165, 1.54) is 21.7 Å². The van der Waals surface area contributed by atoms with E-state index in [-0.39, 0.29) is 19.0 Å². The van der Waals surface area contributed by atoms with Gasteiger partial charge in [-0.3, -0.25) is 10.1 Å². The van der Waals surface area contributed by atoms with Crippen LogP contribution in [0.1, 0.15) is 0 Å². The van der Waals surface area contributed by atoms with Crippen LogP contribution in [0.2, 0.25) is 0 Å². The van der Waals surface area contributed by atoms with Gasteiger partial charge in [0.1, 0.15) is 4.21 Å². The van der Waals surface area contributed by atoms with E-state index in [2.05, 4.69) is 17.2 Å². The number of urea groups is 1. The summed E-state index contributed by atoms with van der Waals surface area (Å²) in [4.78, 5) is 24.1. The molecule has 0 aromatic carbocycles. The summed E-state index contributed by atoms with van der Waals surface area (Å²) in [7, 11) is -3.44. The Labute approximate surface area is 145 Å². The number of carbonyl (C=O) groups excluding carboxylic acids is 2. The Bertz CT molecular complexity index is 680. The first kappa shape index (κ1) is 18.6. The predicted molar refractivity (Wildman–Crippen MR) is 90.4 cm³/mol. The zero-order valence-corrected chi connectivity index (χ0v) is 14.8. The zero-order valence-electron chi connectivity index (χ0n) is 13.2. The average molecular weight is 373 g/mol. The van der Waals surface area contributed by atoms with Crippen LogP contribution in [0.3, 0.4) is 0 Å². The lowest BCUT2D eigenvalue weighted by Gasteiger charge is -2.30. The first-order valence-corrected chi connectivity index (χ1v) is 9.81. The summed E-state index contributed by atoms with van der Waals surface area (Å²) in [5, 5.41) is 6.43. The molecule has 8 nitrogen and oxygen atoms in total. The highest BCUT2D eigenvalue weighted by atomic mass is 32.2. The van der Waals surface area contributed by atoms with E-state index >= 15 is 0 Å². The Kier molecular flexibility index (Phi) is 6.49. The summed E-state index contributed by atoms with van der Waals surface area (Å²) in [5.74, 6) is -0.388. The fraction of sp³-hybridized carbons (Fsp3) is 0.429. The second-order valence-electron chi connectivity index (χ2n) is 5.31. The third kappa shape index (κ3) is 4.87. The minimum atomic E-state index is -3.44. The number of rotatable bonds is 6. The largest absolute Gasteiger partial charge is 0.334 e. The maximum Gasteiger partial charge on any atom is 0.321 e. The van der Waals surface area contributed by atoms with Crippen LogP contribution in [0.25, 0.3) is 0 Å². The number of carbonyl (C=O) groups is 2. The number of sulfonamides is 1. The molecule has 3 amide bonds. The lowest BCUT2D eigenvalue weighted by Crippen LogP contribution is -3.15. The number of nitrogens with one attached hydrogen (secondary N) is 3. The summed E-state index contributed by atoms with van der Waals surface area (Å²) in [6.07, 6.45) is 1.52. The number of nitrogens with zero attached hydrogens (tertiary/aromatic N) is 1. The van der Waals surface area contributed by atoms with E-state index in [4.69, 9.17) is 0 Å². The van der Waals surface area contributed by atoms with Crippen molar-refractivity contribution >= 4 is 33.3 Å². The summed E-state index contributed by atoms with van der Waals surface area (Å²) >= 11 is 1.20. The predicted octanol–water partition coefficient (Wildman–Crippen LogP) is -1.35. The Balaban J connectivity index is 1.79. The number of hydrogen-bond donors (Lipinski definition) is 3. The van der Waals surface area contributed by atoms with Crippen LogP contribution in [0.15, 0.2) is 34.4 Å². The van der Waals surface area contributed by atoms with Crippen LogP contribution in [0.5, 0.6) is 0 Å². The smallest absolute Gasteiger partial charge is 0.321 e. The molecule has 2 rings (SSSR count). The molecule has 0 aliphatic carbocycles. The highest BCUT2D eigenvalue weighted by molar-refractivity contribution is 7.91. The van der Waals surface area contributed by atoms with Crippen molar-refractivity contribution in [1.29, 1.82) is 0 Å². The van der Waals surface area contributed by atoms with Gasteiger partial charge in [0.25, 0.3) is 15.9 Å². The van der Waals surface area contributed by atoms with Crippen LogP contribution in [0, 0.1) is 0 Å². The number of amides is 3. The van der Waals surface area contributed by atoms with Gasteiger partial charge in [-0.2, -0.15) is 4.31 Å². The van der Waals surface area contributed by atoms with Crippen molar-refractivity contribution in [2.75, 3.05) is 39.3 Å². The molecule has 0 bridgehead atoms. The van der Waals surface area contributed by atoms with Gasteiger partial charge in [-0.15, -0.1) is 17.9 Å². The number of imide groups is 1. The molecule has 0 spiro atoms. The molecular weight excluding hydrogens is 352 g/mol. The minimum Gasteiger partial charge on any atom is -0.334 e. The molecule has 1 aromatic rings. The summed E-state index contributed by atoms with van der Waals surface area (Å²) in [5.41, 5.74) is 0. The standard InChI is InChI=1S/C14H20N4O4S2/c1-2-5-15-14(20)16-12(19)11-17-6-8-18(9-7-17)24(21,22)13-4-3-10-23-13/h2-4,10H,1,5-9,11H2,(H2,15,16,19,20)/p+1. The van der Waals surface area contributed by atoms with Crippen molar-refractivity contribution in [3.8, 4) is 0 Å². The molecule has 0 unspecified atom stereocenters. The minimum absolute atomic E-state index is 0.133. The van der Waals surface area contributed by atoms with Gasteiger partial charge in [0, 0.05) is 6.54 Å². The summed E-state index contributed by atoms with van der Waals surface area (Å²) in [6, 6.07) is 2.74. The number of quaternary nitrogens is 1. The first-order valence-electron chi connectivity index (χ1n) is 7.49. The van der Waals surface area contributed by atoms with Crippen molar-refractivity contribution in [2.24, 2.45) is 0 Å². The van der Waals surface area contributed by atoms with E-state index in [1.807, 2.05) is 0 Å². The Morgan fingerprint density at radius 3 is 2.67 bits per heavy atom. The molecule has 0 saturated carbocycles. The Morgan fingerprint density at radius 1 is 1.38 bits per heavy atom. The normalized spacial score (nSPS) is 16.5. The SMILES string of the molecule is C=CCNC(=O)NC(=O)C[NH+]1CCN(S(=O)(=O)c2cccs2)CC1. The third-order valence-corrected chi connectivity index (χ3v) is 6.86. The molecule has 1 fully saturated rings. The van der Waals surface area contributed by atoms with E-state index in [1.54, 1.807) is 17.5 Å². The molecule has 1 aliphatic heterocycles. The number of hydrogen-bond acceptors (Lipinski definition) is 5. The summed E-state index contributed by atoms with van der Waals surface area (Å²) in [6.45, 7) is 5.63. The lowest BCUT2D eigenvalue weighted by atomic mass is 10.3. The molecule has 0 radical (unpaired) electrons. The monoisotopic (exact) mass is 373 g/mol. The zero-order chi connectivity index (χ0) is 17.6. The lowest BCUT2D eigenvalue weighted by molar-refractivity contribution is -0.895. The Hall–Kier alpha value is -1.75. The number of thiophene rings is 1. The fourth-order valence-corrected chi connectivity index (χ4v) is 4.95. The van der Waals surface area contributed by atoms with Gasteiger partial charge >= 0.3 is 6.03 Å². The van der Waals surface area contributed by atoms with Gasteiger partial charge in [-0.1, -0.05) is 12.1 Å². The van der Waals surface area contributed by atoms with Crippen molar-refractivity contribution in [3.05, 3.63) is 30.2 Å². The van der Waals surface area contributed by atoms with Gasteiger partial charge in [0.15, 0.2) is 6.54 Å². The second kappa shape index (κ2) is 8.38. The molecule has 132 valence electrons. The van der Waals surface area contributed by atoms with Crippen LogP contribution < -0.4 is 15.5 Å². The van der Waals surface area contributed by atoms with Gasteiger partial charge in [-0.25, -0.2) is 13.2 Å². The van der Waals surface area contributed by atoms with E-state index < -0.39 is 16.1 Å². The first-order chi connectivity index (χ1) is 11.4. The van der Waals surface area contributed by atoms with Crippen molar-refractivity contribution in [1.82, 2.24) is 14.9 Å². The Morgan fingerprint density at radius 2 is 2.08 bits per heavy atom. The van der Waals surface area contributed by atoms with Gasteiger partial charge in [0.2, 0.25) is 0 Å². The highest BCUT2D eigenvalue weighted by Gasteiger charge is 2.31. The van der Waals surface area contributed by atoms with E-state index in [0.29, 0.717) is 30.4 Å². The summed E-state index contributed by atoms with van der Waals surface area (Å²) < 4.78 is 26.6. The molecule has 1 saturated heterocycles. The quantitative estimate of drug-likeness (QED) is 0.537. The molecule has 0 atom stereocenters. The molecule has 24 heavy (non-hydrogen) atoms. The highest BCUT2D eigenvalue weighted by Crippen LogP contribution is 2.20. The van der Waals surface area contributed by atoms with Gasteiger partial charge in [-0.05, 0) is 11.4 Å². The second-order valence-corrected chi connectivity index (χ2v) is 8.42. The van der Waals surface area contributed by atoms with Crippen molar-refractivity contribution in [3.63, 3.8) is 0 Å². The molecule has 2 heterocycles. The maximum absolute atomic E-state index is 12.4. The van der Waals surface area contributed by atoms with E-state index in [9.17, 15) is 18.0 Å². The van der Waals surface area contributed by atoms with Gasteiger partial charge < -0.3 is 10.2 Å². The van der Waals surface area contributed by atoms with Crippen LogP contribution >= 0.6 is 11.3 Å². The van der Waals surface area contributed by atoms with E-state index in [0.717, 1.165) is 4.90 Å². The average Bonchev–Trinajstić information content (AvgIpc) is 3.08. The van der Waals surface area contributed by atoms with Gasteiger partial charge in [0.05, 0.1) is 26.2 Å². The van der Waals surface area contributed by atoms with Crippen molar-refractivity contribution < 1.29 is 22.9 Å². The topological polar surface area (TPSA) is 100 Å². The molecular formula is C14H21N4O4S2+. The van der Waals surface area contributed by atoms with Crippen molar-refractivity contribution in [2.45, 2.75) is 4.21 Å². The number of piperazine rings is 1. The third-order valence-electron chi connectivity index (χ3n) is 3.59. The molecule has 3 N–H and O–H groups in total. The fourth-order valence-electron chi connectivity index (χ4n) is 2.36. The maximum atomic E-state index is 12.4.